The molecule has 1 fully saturated rings. The Kier molecular flexibility index (Phi) is 5.39. The van der Waals surface area contributed by atoms with Gasteiger partial charge in [0.1, 0.15) is 11.9 Å². The van der Waals surface area contributed by atoms with Gasteiger partial charge in [-0.2, -0.15) is 0 Å². The van der Waals surface area contributed by atoms with Crippen LogP contribution in [0.3, 0.4) is 0 Å². The van der Waals surface area contributed by atoms with Crippen LogP contribution in [0.1, 0.15) is 27.2 Å². The second-order valence-corrected chi connectivity index (χ2v) is 5.70. The lowest BCUT2D eigenvalue weighted by molar-refractivity contribution is -0.225. The van der Waals surface area contributed by atoms with E-state index in [0.29, 0.717) is 11.4 Å². The number of aliphatic hydroxyl groups excluding tert-OH is 1. The van der Waals surface area contributed by atoms with Gasteiger partial charge in [-0.15, -0.1) is 0 Å². The highest BCUT2D eigenvalue weighted by Gasteiger charge is 2.41. The minimum absolute atomic E-state index is 0.0398. The molecule has 1 aromatic carbocycles. The molecule has 0 aliphatic carbocycles. The molecule has 22 heavy (non-hydrogen) atoms. The zero-order chi connectivity index (χ0) is 16.3. The highest BCUT2D eigenvalue weighted by molar-refractivity contribution is 5.88. The number of rotatable bonds is 4. The molecule has 5 atom stereocenters. The third kappa shape index (κ3) is 3.76. The summed E-state index contributed by atoms with van der Waals surface area (Å²) in [7, 11) is 0. The maximum atomic E-state index is 11.0. The second kappa shape index (κ2) is 7.09. The Bertz CT molecular complexity index is 503. The van der Waals surface area contributed by atoms with Crippen LogP contribution in [-0.4, -0.2) is 35.6 Å². The quantitative estimate of drug-likeness (QED) is 0.783. The first kappa shape index (κ1) is 16.7. The van der Waals surface area contributed by atoms with Gasteiger partial charge in [0, 0.05) is 24.6 Å². The van der Waals surface area contributed by atoms with E-state index in [1.165, 1.54) is 6.92 Å². The third-order valence-electron chi connectivity index (χ3n) is 4.00. The molecule has 1 heterocycles. The molecule has 0 spiro atoms. The van der Waals surface area contributed by atoms with Gasteiger partial charge in [0.05, 0.1) is 6.10 Å². The van der Waals surface area contributed by atoms with Gasteiger partial charge in [0.25, 0.3) is 0 Å². The van der Waals surface area contributed by atoms with Gasteiger partial charge < -0.3 is 25.6 Å². The Morgan fingerprint density at radius 1 is 1.41 bits per heavy atom. The van der Waals surface area contributed by atoms with Gasteiger partial charge >= 0.3 is 0 Å². The van der Waals surface area contributed by atoms with Gasteiger partial charge in [0.2, 0.25) is 12.2 Å². The summed E-state index contributed by atoms with van der Waals surface area (Å²) in [4.78, 5) is 11.0. The number of anilines is 1. The fourth-order valence-corrected chi connectivity index (χ4v) is 2.64. The van der Waals surface area contributed by atoms with Gasteiger partial charge in [-0.25, -0.2) is 0 Å². The fraction of sp³-hybridized carbons (Fsp3) is 0.562. The summed E-state index contributed by atoms with van der Waals surface area (Å²) < 4.78 is 11.5. The van der Waals surface area contributed by atoms with Crippen molar-refractivity contribution in [3.63, 3.8) is 0 Å². The van der Waals surface area contributed by atoms with E-state index in [2.05, 4.69) is 5.32 Å². The smallest absolute Gasteiger partial charge is 0.227 e. The monoisotopic (exact) mass is 308 g/mol. The van der Waals surface area contributed by atoms with Crippen molar-refractivity contribution in [1.29, 1.82) is 0 Å². The molecule has 1 aromatic rings. The van der Waals surface area contributed by atoms with Gasteiger partial charge in [-0.1, -0.05) is 13.8 Å². The number of hydrogen-bond donors (Lipinski definition) is 3. The first-order chi connectivity index (χ1) is 10.4. The predicted octanol–water partition coefficient (Wildman–Crippen LogP) is 1.48. The summed E-state index contributed by atoms with van der Waals surface area (Å²) in [5.41, 5.74) is 6.74. The molecule has 4 N–H and O–H groups in total. The number of aliphatic hydroxyl groups is 1. The van der Waals surface area contributed by atoms with E-state index in [0.717, 1.165) is 6.42 Å². The van der Waals surface area contributed by atoms with Crippen LogP contribution in [0.25, 0.3) is 0 Å². The number of carbonyl (C=O) groups is 1. The predicted molar refractivity (Wildman–Crippen MR) is 83.5 cm³/mol. The molecule has 0 aromatic heterocycles. The summed E-state index contributed by atoms with van der Waals surface area (Å²) in [6.07, 6.45) is -0.902. The fourth-order valence-electron chi connectivity index (χ4n) is 2.64. The lowest BCUT2D eigenvalue weighted by atomic mass is 9.88. The number of ether oxygens (including phenoxy) is 2. The number of nitrogens with two attached hydrogens (primary N) is 1. The van der Waals surface area contributed by atoms with Crippen molar-refractivity contribution in [1.82, 2.24) is 0 Å². The maximum Gasteiger partial charge on any atom is 0.227 e. The number of nitrogens with one attached hydrogen (secondary N) is 1. The highest BCUT2D eigenvalue weighted by Crippen LogP contribution is 2.28. The van der Waals surface area contributed by atoms with E-state index in [1.807, 2.05) is 13.8 Å². The van der Waals surface area contributed by atoms with E-state index >= 15 is 0 Å². The average molecular weight is 308 g/mol. The molecule has 1 amide bonds. The van der Waals surface area contributed by atoms with Crippen molar-refractivity contribution in [3.8, 4) is 5.75 Å². The lowest BCUT2D eigenvalue weighted by Crippen LogP contribution is -2.58. The van der Waals surface area contributed by atoms with Crippen LogP contribution in [-0.2, 0) is 9.53 Å². The molecule has 0 unspecified atom stereocenters. The standard InChI is InChI=1S/C16H24N2O4/c1-4-13-9(2)14(17)15(20)16(22-13)21-12-7-5-11(6-8-12)18-10(3)19/h5-9,13-16,20H,4,17H2,1-3H3,(H,18,19)/t9-,13-,14-,15+,16+/m1/s1. The summed E-state index contributed by atoms with van der Waals surface area (Å²) in [6.45, 7) is 5.44. The van der Waals surface area contributed by atoms with Crippen LogP contribution in [0.15, 0.2) is 24.3 Å². The molecule has 1 aliphatic rings. The number of benzene rings is 1. The van der Waals surface area contributed by atoms with Gasteiger partial charge in [-0.3, -0.25) is 4.79 Å². The summed E-state index contributed by atoms with van der Waals surface area (Å²) in [6, 6.07) is 6.50. The molecule has 6 heteroatoms. The summed E-state index contributed by atoms with van der Waals surface area (Å²) >= 11 is 0. The van der Waals surface area contributed by atoms with Gasteiger partial charge in [-0.05, 0) is 30.7 Å². The molecule has 1 saturated heterocycles. The molecule has 6 nitrogen and oxygen atoms in total. The zero-order valence-electron chi connectivity index (χ0n) is 13.2. The van der Waals surface area contributed by atoms with Crippen LogP contribution >= 0.6 is 0 Å². The Morgan fingerprint density at radius 2 is 2.05 bits per heavy atom. The summed E-state index contributed by atoms with van der Waals surface area (Å²) in [5, 5.41) is 12.9. The van der Waals surface area contributed by atoms with Crippen LogP contribution in [0.2, 0.25) is 0 Å². The topological polar surface area (TPSA) is 93.8 Å². The largest absolute Gasteiger partial charge is 0.462 e. The second-order valence-electron chi connectivity index (χ2n) is 5.70. The molecule has 122 valence electrons. The molecule has 1 aliphatic heterocycles. The molecule has 0 radical (unpaired) electrons. The number of amides is 1. The minimum Gasteiger partial charge on any atom is -0.462 e. The highest BCUT2D eigenvalue weighted by atomic mass is 16.7. The lowest BCUT2D eigenvalue weighted by Gasteiger charge is -2.41. The maximum absolute atomic E-state index is 11.0. The van der Waals surface area contributed by atoms with Crippen LogP contribution in [0.5, 0.6) is 5.75 Å². The van der Waals surface area contributed by atoms with E-state index in [4.69, 9.17) is 15.2 Å². The van der Waals surface area contributed by atoms with Crippen molar-refractivity contribution in [2.75, 3.05) is 5.32 Å². The van der Waals surface area contributed by atoms with Crippen molar-refractivity contribution >= 4 is 11.6 Å². The van der Waals surface area contributed by atoms with Crippen molar-refractivity contribution in [3.05, 3.63) is 24.3 Å². The van der Waals surface area contributed by atoms with Crippen molar-refractivity contribution in [2.45, 2.75) is 51.7 Å². The van der Waals surface area contributed by atoms with E-state index in [9.17, 15) is 9.90 Å². The van der Waals surface area contributed by atoms with Gasteiger partial charge in [0.15, 0.2) is 0 Å². The average Bonchev–Trinajstić information content (AvgIpc) is 2.49. The Balaban J connectivity index is 2.04. The molecule has 2 rings (SSSR count). The zero-order valence-corrected chi connectivity index (χ0v) is 13.2. The Hall–Kier alpha value is -1.63. The Morgan fingerprint density at radius 3 is 2.59 bits per heavy atom. The molecule has 0 saturated carbocycles. The SMILES string of the molecule is CC[C@H]1O[C@H](Oc2ccc(NC(C)=O)cc2)[C@@H](O)[C@H](N)[C@@H]1C. The van der Waals surface area contributed by atoms with E-state index in [1.54, 1.807) is 24.3 Å². The third-order valence-corrected chi connectivity index (χ3v) is 4.00. The van der Waals surface area contributed by atoms with E-state index < -0.39 is 12.4 Å². The van der Waals surface area contributed by atoms with Crippen molar-refractivity contribution in [2.24, 2.45) is 11.7 Å². The van der Waals surface area contributed by atoms with E-state index in [-0.39, 0.29) is 24.0 Å². The van der Waals surface area contributed by atoms with Crippen LogP contribution < -0.4 is 15.8 Å². The van der Waals surface area contributed by atoms with Crippen LogP contribution in [0, 0.1) is 5.92 Å². The first-order valence-electron chi connectivity index (χ1n) is 7.55. The molecular formula is C16H24N2O4. The number of hydrogen-bond acceptors (Lipinski definition) is 5. The van der Waals surface area contributed by atoms with Crippen molar-refractivity contribution < 1.29 is 19.4 Å². The molecule has 0 bridgehead atoms. The first-order valence-corrected chi connectivity index (χ1v) is 7.55. The Labute approximate surface area is 130 Å². The normalized spacial score (nSPS) is 31.6. The summed E-state index contributed by atoms with van der Waals surface area (Å²) in [5.74, 6) is 0.488. The number of carbonyl (C=O) groups excluding carboxylic acids is 1. The van der Waals surface area contributed by atoms with Crippen LogP contribution in [0.4, 0.5) is 5.69 Å². The molecular weight excluding hydrogens is 284 g/mol. The minimum atomic E-state index is -0.882.